The van der Waals surface area contributed by atoms with E-state index >= 15 is 0 Å². The van der Waals surface area contributed by atoms with Crippen LogP contribution in [0.25, 0.3) is 0 Å². The standard InChI is InChI=1S/C15H22N6O7S/c22-14(18-27-8-10-5-12(6-17-10)19-4-3-16-9-19)13-2-1-11-7-20(13)15(23)21(11)28-29(24,25)26/h3-4,9-13,17H,1-2,5-8H2,(H,18,22)(H,24,25,26)/t10-,11-,12+,13+/m1/s1. The zero-order valence-electron chi connectivity index (χ0n) is 15.4. The molecule has 14 heteroatoms. The van der Waals surface area contributed by atoms with Crippen LogP contribution in [-0.4, -0.2) is 82.2 Å². The first-order valence-electron chi connectivity index (χ1n) is 9.21. The zero-order chi connectivity index (χ0) is 20.6. The van der Waals surface area contributed by atoms with E-state index in [-0.39, 0.29) is 25.2 Å². The Bertz CT molecular complexity index is 863. The smallest absolute Gasteiger partial charge is 0.333 e. The highest BCUT2D eigenvalue weighted by atomic mass is 32.3. The number of nitrogens with zero attached hydrogens (tertiary/aromatic N) is 4. The molecule has 1 aromatic heterocycles. The molecular formula is C15H22N6O7S. The van der Waals surface area contributed by atoms with Crippen LogP contribution < -0.4 is 10.8 Å². The Labute approximate surface area is 166 Å². The van der Waals surface area contributed by atoms with E-state index in [2.05, 4.69) is 20.1 Å². The molecule has 3 aliphatic rings. The molecule has 3 aliphatic heterocycles. The van der Waals surface area contributed by atoms with Gasteiger partial charge in [0.05, 0.1) is 19.0 Å². The third kappa shape index (κ3) is 4.35. The summed E-state index contributed by atoms with van der Waals surface area (Å²) in [4.78, 5) is 35.4. The van der Waals surface area contributed by atoms with Gasteiger partial charge in [-0.15, -0.1) is 4.28 Å². The Balaban J connectivity index is 1.25. The van der Waals surface area contributed by atoms with Gasteiger partial charge in [0.25, 0.3) is 5.91 Å². The summed E-state index contributed by atoms with van der Waals surface area (Å²) in [7, 11) is -4.82. The molecule has 4 atom stereocenters. The minimum Gasteiger partial charge on any atom is -0.333 e. The predicted octanol–water partition coefficient (Wildman–Crippen LogP) is -1.16. The number of hydroxylamine groups is 3. The minimum atomic E-state index is -4.82. The van der Waals surface area contributed by atoms with Crippen LogP contribution in [0.1, 0.15) is 25.3 Å². The highest BCUT2D eigenvalue weighted by molar-refractivity contribution is 7.80. The lowest BCUT2D eigenvalue weighted by molar-refractivity contribution is -0.139. The molecule has 3 amide bonds. The van der Waals surface area contributed by atoms with Crippen LogP contribution in [-0.2, 0) is 24.3 Å². The van der Waals surface area contributed by atoms with Crippen LogP contribution in [0.15, 0.2) is 18.7 Å². The van der Waals surface area contributed by atoms with Crippen molar-refractivity contribution in [2.75, 3.05) is 19.7 Å². The Morgan fingerprint density at radius 1 is 1.38 bits per heavy atom. The van der Waals surface area contributed by atoms with E-state index in [0.29, 0.717) is 17.9 Å². The number of carbonyl (C=O) groups is 2. The van der Waals surface area contributed by atoms with E-state index in [9.17, 15) is 18.0 Å². The summed E-state index contributed by atoms with van der Waals surface area (Å²) in [5.41, 5.74) is 2.38. The number of aromatic nitrogens is 2. The molecule has 3 fully saturated rings. The SMILES string of the molecule is O=C(NOC[C@H]1C[C@H](n2ccnc2)CN1)[C@@H]1CC[C@@H]2CN1C(=O)N2OS(=O)(=O)O. The highest BCUT2D eigenvalue weighted by Crippen LogP contribution is 2.30. The number of amides is 3. The van der Waals surface area contributed by atoms with Crippen molar-refractivity contribution in [2.24, 2.45) is 0 Å². The van der Waals surface area contributed by atoms with E-state index in [0.717, 1.165) is 13.0 Å². The average Bonchev–Trinajstić information content (AvgIpc) is 3.39. The van der Waals surface area contributed by atoms with Gasteiger partial charge in [-0.3, -0.25) is 14.2 Å². The minimum absolute atomic E-state index is 0.0607. The van der Waals surface area contributed by atoms with Gasteiger partial charge in [-0.2, -0.15) is 13.5 Å². The van der Waals surface area contributed by atoms with Gasteiger partial charge >= 0.3 is 16.4 Å². The molecule has 0 aromatic carbocycles. The molecule has 0 radical (unpaired) electrons. The Kier molecular flexibility index (Phi) is 5.44. The quantitative estimate of drug-likeness (QED) is 0.359. The summed E-state index contributed by atoms with van der Waals surface area (Å²) in [6.45, 7) is 1.16. The van der Waals surface area contributed by atoms with Crippen LogP contribution in [0.3, 0.4) is 0 Å². The van der Waals surface area contributed by atoms with Gasteiger partial charge in [-0.25, -0.2) is 15.3 Å². The fourth-order valence-corrected chi connectivity index (χ4v) is 4.41. The van der Waals surface area contributed by atoms with Crippen LogP contribution >= 0.6 is 0 Å². The van der Waals surface area contributed by atoms with E-state index in [1.165, 1.54) is 4.90 Å². The number of hydrogen-bond donors (Lipinski definition) is 3. The third-order valence-corrected chi connectivity index (χ3v) is 5.75. The van der Waals surface area contributed by atoms with Crippen molar-refractivity contribution in [2.45, 2.75) is 43.4 Å². The molecule has 3 saturated heterocycles. The molecular weight excluding hydrogens is 408 g/mol. The Morgan fingerprint density at radius 3 is 2.93 bits per heavy atom. The number of carbonyl (C=O) groups excluding carboxylic acids is 2. The second kappa shape index (κ2) is 7.87. The van der Waals surface area contributed by atoms with Gasteiger partial charge in [0, 0.05) is 37.6 Å². The molecule has 160 valence electrons. The van der Waals surface area contributed by atoms with E-state index in [1.807, 2.05) is 10.8 Å². The van der Waals surface area contributed by atoms with E-state index in [4.69, 9.17) is 9.39 Å². The Hall–Kier alpha value is -2.26. The second-order valence-electron chi connectivity index (χ2n) is 7.29. The van der Waals surface area contributed by atoms with Crippen molar-refractivity contribution in [1.29, 1.82) is 0 Å². The van der Waals surface area contributed by atoms with Crippen LogP contribution in [0.2, 0.25) is 0 Å². The Morgan fingerprint density at radius 2 is 2.21 bits per heavy atom. The van der Waals surface area contributed by atoms with Crippen molar-refractivity contribution in [1.82, 2.24) is 30.3 Å². The molecule has 4 rings (SSSR count). The third-order valence-electron chi connectivity index (χ3n) is 5.40. The van der Waals surface area contributed by atoms with Gasteiger partial charge in [0.15, 0.2) is 0 Å². The molecule has 13 nitrogen and oxygen atoms in total. The molecule has 3 N–H and O–H groups in total. The maximum absolute atomic E-state index is 12.5. The summed E-state index contributed by atoms with van der Waals surface area (Å²) >= 11 is 0. The summed E-state index contributed by atoms with van der Waals surface area (Å²) < 4.78 is 37.0. The largest absolute Gasteiger partial charge is 0.418 e. The monoisotopic (exact) mass is 430 g/mol. The van der Waals surface area contributed by atoms with Crippen molar-refractivity contribution < 1.29 is 31.7 Å². The first kappa shape index (κ1) is 20.0. The molecule has 1 aromatic rings. The average molecular weight is 430 g/mol. The number of piperidine rings is 1. The molecule has 0 unspecified atom stereocenters. The van der Waals surface area contributed by atoms with Crippen molar-refractivity contribution in [3.63, 3.8) is 0 Å². The van der Waals surface area contributed by atoms with Gasteiger partial charge in [0.2, 0.25) is 0 Å². The van der Waals surface area contributed by atoms with E-state index < -0.39 is 34.4 Å². The fourth-order valence-electron chi connectivity index (χ4n) is 4.02. The fraction of sp³-hybridized carbons (Fsp3) is 0.667. The summed E-state index contributed by atoms with van der Waals surface area (Å²) in [6, 6.07) is -1.80. The van der Waals surface area contributed by atoms with E-state index in [1.54, 1.807) is 12.5 Å². The lowest BCUT2D eigenvalue weighted by Gasteiger charge is -2.29. The highest BCUT2D eigenvalue weighted by Gasteiger charge is 2.49. The van der Waals surface area contributed by atoms with Crippen LogP contribution in [0.5, 0.6) is 0 Å². The van der Waals surface area contributed by atoms with Gasteiger partial charge < -0.3 is 14.8 Å². The molecule has 0 aliphatic carbocycles. The molecule has 29 heavy (non-hydrogen) atoms. The normalized spacial score (nSPS) is 29.5. The lowest BCUT2D eigenvalue weighted by atomic mass is 10.0. The lowest BCUT2D eigenvalue weighted by Crippen LogP contribution is -2.50. The summed E-state index contributed by atoms with van der Waals surface area (Å²) in [5.74, 6) is -0.491. The topological polar surface area (TPSA) is 155 Å². The first-order valence-corrected chi connectivity index (χ1v) is 10.6. The van der Waals surface area contributed by atoms with Crippen LogP contribution in [0.4, 0.5) is 4.79 Å². The second-order valence-corrected chi connectivity index (χ2v) is 8.30. The molecule has 4 heterocycles. The van der Waals surface area contributed by atoms with Crippen molar-refractivity contribution in [3.05, 3.63) is 18.7 Å². The maximum Gasteiger partial charge on any atom is 0.418 e. The maximum atomic E-state index is 12.5. The number of imidazole rings is 1. The molecule has 2 bridgehead atoms. The molecule has 0 spiro atoms. The number of urea groups is 1. The first-order chi connectivity index (χ1) is 13.8. The summed E-state index contributed by atoms with van der Waals surface area (Å²) in [6.07, 6.45) is 6.88. The number of fused-ring (bicyclic) bond motifs is 2. The molecule has 0 saturated carbocycles. The van der Waals surface area contributed by atoms with Crippen molar-refractivity contribution >= 4 is 22.3 Å². The van der Waals surface area contributed by atoms with Gasteiger partial charge in [0.1, 0.15) is 6.04 Å². The predicted molar refractivity (Wildman–Crippen MR) is 95.2 cm³/mol. The van der Waals surface area contributed by atoms with Gasteiger partial charge in [-0.05, 0) is 19.3 Å². The van der Waals surface area contributed by atoms with Gasteiger partial charge in [-0.1, -0.05) is 0 Å². The zero-order valence-corrected chi connectivity index (χ0v) is 16.2. The van der Waals surface area contributed by atoms with Crippen molar-refractivity contribution in [3.8, 4) is 0 Å². The van der Waals surface area contributed by atoms with Crippen LogP contribution in [0, 0.1) is 0 Å². The number of hydrogen-bond acceptors (Lipinski definition) is 8. The summed E-state index contributed by atoms with van der Waals surface area (Å²) in [5, 5.41) is 3.92. The number of rotatable bonds is 7. The number of nitrogens with one attached hydrogen (secondary N) is 2.